The van der Waals surface area contributed by atoms with E-state index in [4.69, 9.17) is 9.98 Å². The van der Waals surface area contributed by atoms with Gasteiger partial charge in [0.15, 0.2) is 5.49 Å². The summed E-state index contributed by atoms with van der Waals surface area (Å²) in [5.74, 6) is -0.0813. The Morgan fingerprint density at radius 1 is 0.667 bits per heavy atom. The molecule has 4 aromatic carbocycles. The molecule has 0 aliphatic carbocycles. The van der Waals surface area contributed by atoms with Crippen LogP contribution in [0.5, 0.6) is 0 Å². The van der Waals surface area contributed by atoms with Crippen molar-refractivity contribution in [2.75, 3.05) is 5.32 Å². The maximum atomic E-state index is 12.7. The summed E-state index contributed by atoms with van der Waals surface area (Å²) in [6, 6.07) is 37.9. The van der Waals surface area contributed by atoms with E-state index in [1.54, 1.807) is 42.6 Å². The molecule has 0 radical (unpaired) electrons. The van der Waals surface area contributed by atoms with Crippen molar-refractivity contribution in [2.24, 2.45) is 15.0 Å². The van der Waals surface area contributed by atoms with E-state index in [2.05, 4.69) is 47.3 Å². The first kappa shape index (κ1) is 32.8. The Morgan fingerprint density at radius 2 is 1.24 bits per heavy atom. The lowest BCUT2D eigenvalue weighted by Crippen LogP contribution is -2.19. The first-order valence-electron chi connectivity index (χ1n) is 16.5. The number of para-hydroxylation sites is 2. The number of fused-ring (bicyclic) bond motifs is 2. The Labute approximate surface area is 295 Å². The number of anilines is 1. The monoisotopic (exact) mass is 670 g/mol. The average molecular weight is 671 g/mol. The van der Waals surface area contributed by atoms with Crippen molar-refractivity contribution in [1.29, 1.82) is 0 Å². The third kappa shape index (κ3) is 7.04. The van der Waals surface area contributed by atoms with Gasteiger partial charge in [-0.2, -0.15) is 9.72 Å². The first-order valence-corrected chi connectivity index (χ1v) is 16.5. The Hall–Kier alpha value is -6.74. The smallest absolute Gasteiger partial charge is 0.281 e. The lowest BCUT2D eigenvalue weighted by Gasteiger charge is -2.07. The highest BCUT2D eigenvalue weighted by Crippen LogP contribution is 2.35. The minimum atomic E-state index is -0.425. The van der Waals surface area contributed by atoms with Crippen LogP contribution in [-0.4, -0.2) is 38.2 Å². The van der Waals surface area contributed by atoms with E-state index in [1.807, 2.05) is 66.7 Å². The summed E-state index contributed by atoms with van der Waals surface area (Å²) in [4.78, 5) is 43.0. The number of aryl methyl sites for hydroxylation is 2. The molecular weight excluding hydrogens is 637 g/mol. The summed E-state index contributed by atoms with van der Waals surface area (Å²) in [7, 11) is 0. The van der Waals surface area contributed by atoms with Crippen LogP contribution in [0, 0.1) is 13.8 Å². The fourth-order valence-electron chi connectivity index (χ4n) is 6.20. The third-order valence-corrected chi connectivity index (χ3v) is 8.78. The highest BCUT2D eigenvalue weighted by molar-refractivity contribution is 6.13. The van der Waals surface area contributed by atoms with Crippen LogP contribution in [0.3, 0.4) is 0 Å². The molecule has 2 amide bonds. The summed E-state index contributed by atoms with van der Waals surface area (Å²) in [5.41, 5.74) is 11.2. The van der Waals surface area contributed by atoms with Gasteiger partial charge in [0.05, 0.1) is 33.9 Å². The van der Waals surface area contributed by atoms with Crippen LogP contribution in [0.1, 0.15) is 54.1 Å². The molecule has 2 aliphatic rings. The number of aromatic nitrogens is 2. The van der Waals surface area contributed by atoms with Gasteiger partial charge in [-0.25, -0.2) is 4.98 Å². The number of amides is 2. The van der Waals surface area contributed by atoms with Gasteiger partial charge in [0.25, 0.3) is 11.8 Å². The van der Waals surface area contributed by atoms with Crippen molar-refractivity contribution in [3.05, 3.63) is 184 Å². The topological polar surface area (TPSA) is 121 Å². The van der Waals surface area contributed by atoms with E-state index in [-0.39, 0.29) is 11.4 Å². The van der Waals surface area contributed by atoms with Crippen LogP contribution < -0.4 is 10.8 Å². The zero-order chi connectivity index (χ0) is 35.3. The van der Waals surface area contributed by atoms with E-state index in [9.17, 15) is 14.8 Å². The molecule has 2 aromatic heterocycles. The molecule has 0 atom stereocenters. The average Bonchev–Trinajstić information content (AvgIpc) is 3.78. The number of hydrogen-bond donors (Lipinski definition) is 2. The standard InChI is InChI=1S/C21H17N3O2.C21H17N3O/c1-14-7-2-3-9-16(14)18-13-15-8-6-10-17(20(15)22-18)21(25)23-19-11-4-5-12-24(19)26;1-14-7-2-3-9-16(14)18-13-15-8-6-10-17(20(15)23-18)21(25)24-19-11-4-5-12-22-19/h2-12,26H,13H2,1H3;2-12H,13H2,1H3,(H,22,24,25). The molecule has 6 aromatic rings. The SMILES string of the molecule is Cc1ccccc1C1=Nc2c(cccc2C(=O)N=c2ccccn2O)C1.Cc1ccccc1C1=Nc2c(cccc2C(=O)Nc2ccccn2)C1. The van der Waals surface area contributed by atoms with Crippen molar-refractivity contribution in [3.8, 4) is 0 Å². The molecule has 51 heavy (non-hydrogen) atoms. The zero-order valence-electron chi connectivity index (χ0n) is 28.1. The molecular formula is C42H34N6O3. The predicted molar refractivity (Wildman–Crippen MR) is 199 cm³/mol. The second kappa shape index (κ2) is 14.4. The largest absolute Gasteiger partial charge is 0.427 e. The van der Waals surface area contributed by atoms with E-state index < -0.39 is 5.91 Å². The highest BCUT2D eigenvalue weighted by atomic mass is 16.5. The predicted octanol–water partition coefficient (Wildman–Crippen LogP) is 7.77. The van der Waals surface area contributed by atoms with Crippen molar-refractivity contribution in [2.45, 2.75) is 26.7 Å². The molecule has 0 saturated heterocycles. The molecule has 4 heterocycles. The minimum absolute atomic E-state index is 0.177. The number of carbonyl (C=O) groups excluding carboxylic acids is 2. The second-order valence-corrected chi connectivity index (χ2v) is 12.2. The van der Waals surface area contributed by atoms with Gasteiger partial charge in [-0.1, -0.05) is 84.9 Å². The molecule has 0 unspecified atom stereocenters. The molecule has 0 bridgehead atoms. The van der Waals surface area contributed by atoms with Gasteiger partial charge < -0.3 is 10.5 Å². The van der Waals surface area contributed by atoms with Crippen LogP contribution in [0.2, 0.25) is 0 Å². The van der Waals surface area contributed by atoms with Crippen molar-refractivity contribution >= 4 is 40.4 Å². The summed E-state index contributed by atoms with van der Waals surface area (Å²) < 4.78 is 0.823. The van der Waals surface area contributed by atoms with E-state index in [1.165, 1.54) is 11.8 Å². The molecule has 9 nitrogen and oxygen atoms in total. The van der Waals surface area contributed by atoms with Crippen LogP contribution in [0.4, 0.5) is 17.2 Å². The molecule has 9 heteroatoms. The Balaban J connectivity index is 0.000000159. The van der Waals surface area contributed by atoms with E-state index >= 15 is 0 Å². The molecule has 2 N–H and O–H groups in total. The Bertz CT molecular complexity index is 2430. The molecule has 250 valence electrons. The Morgan fingerprint density at radius 3 is 1.82 bits per heavy atom. The summed E-state index contributed by atoms with van der Waals surface area (Å²) >= 11 is 0. The van der Waals surface area contributed by atoms with Gasteiger partial charge in [0.1, 0.15) is 5.82 Å². The van der Waals surface area contributed by atoms with Crippen LogP contribution in [-0.2, 0) is 12.8 Å². The van der Waals surface area contributed by atoms with Gasteiger partial charge >= 0.3 is 0 Å². The number of aliphatic imine (C=N–C) groups is 2. The Kier molecular flexibility index (Phi) is 9.26. The van der Waals surface area contributed by atoms with Gasteiger partial charge in [-0.05, 0) is 83.6 Å². The normalized spacial score (nSPS) is 12.9. The number of rotatable bonds is 5. The molecule has 2 aliphatic heterocycles. The number of carbonyl (C=O) groups is 2. The number of pyridine rings is 2. The van der Waals surface area contributed by atoms with E-state index in [0.29, 0.717) is 29.1 Å². The van der Waals surface area contributed by atoms with Gasteiger partial charge in [0, 0.05) is 25.2 Å². The van der Waals surface area contributed by atoms with Gasteiger partial charge in [0.2, 0.25) is 0 Å². The van der Waals surface area contributed by atoms with Crippen LogP contribution >= 0.6 is 0 Å². The zero-order valence-corrected chi connectivity index (χ0v) is 28.1. The number of nitrogens with one attached hydrogen (secondary N) is 1. The molecule has 0 saturated carbocycles. The first-order chi connectivity index (χ1) is 24.9. The second-order valence-electron chi connectivity index (χ2n) is 12.2. The fourth-order valence-corrected chi connectivity index (χ4v) is 6.20. The summed E-state index contributed by atoms with van der Waals surface area (Å²) in [6.07, 6.45) is 4.51. The molecule has 0 fully saturated rings. The number of hydrogen-bond acceptors (Lipinski definition) is 6. The summed E-state index contributed by atoms with van der Waals surface area (Å²) in [6.45, 7) is 4.13. The maximum absolute atomic E-state index is 12.7. The van der Waals surface area contributed by atoms with E-state index in [0.717, 1.165) is 56.1 Å². The fraction of sp³-hybridized carbons (Fsp3) is 0.0952. The quantitative estimate of drug-likeness (QED) is 0.182. The van der Waals surface area contributed by atoms with Crippen molar-refractivity contribution < 1.29 is 14.8 Å². The van der Waals surface area contributed by atoms with Crippen LogP contribution in [0.25, 0.3) is 0 Å². The lowest BCUT2D eigenvalue weighted by molar-refractivity contribution is 0.0987. The van der Waals surface area contributed by atoms with Crippen molar-refractivity contribution in [1.82, 2.24) is 9.71 Å². The maximum Gasteiger partial charge on any atom is 0.281 e. The molecule has 0 spiro atoms. The molecule has 8 rings (SSSR count). The summed E-state index contributed by atoms with van der Waals surface area (Å²) in [5, 5.41) is 12.6. The minimum Gasteiger partial charge on any atom is -0.427 e. The lowest BCUT2D eigenvalue weighted by atomic mass is 9.99. The van der Waals surface area contributed by atoms with Crippen LogP contribution in [0.15, 0.2) is 149 Å². The van der Waals surface area contributed by atoms with Gasteiger partial charge in [-0.15, -0.1) is 0 Å². The third-order valence-electron chi connectivity index (χ3n) is 8.78. The number of nitrogens with zero attached hydrogens (tertiary/aromatic N) is 5. The number of benzene rings is 4. The van der Waals surface area contributed by atoms with Crippen molar-refractivity contribution in [3.63, 3.8) is 0 Å². The highest BCUT2D eigenvalue weighted by Gasteiger charge is 2.24. The van der Waals surface area contributed by atoms with Gasteiger partial charge in [-0.3, -0.25) is 19.6 Å².